The predicted molar refractivity (Wildman–Crippen MR) is 106 cm³/mol. The summed E-state index contributed by atoms with van der Waals surface area (Å²) >= 11 is 5.84. The Morgan fingerprint density at radius 3 is 2.32 bits per heavy atom. The first-order chi connectivity index (χ1) is 13.2. The average Bonchev–Trinajstić information content (AvgIpc) is 2.66. The van der Waals surface area contributed by atoms with Crippen LogP contribution >= 0.6 is 11.6 Å². The fraction of sp³-hybridized carbons (Fsp3) is 0.263. The number of amides is 1. The van der Waals surface area contributed by atoms with Gasteiger partial charge in [-0.2, -0.15) is 0 Å². The highest BCUT2D eigenvalue weighted by Crippen LogP contribution is 2.25. The Bertz CT molecular complexity index is 884. The minimum atomic E-state index is -0.805. The maximum absolute atomic E-state index is 12.4. The summed E-state index contributed by atoms with van der Waals surface area (Å²) in [5.41, 5.74) is 1.12. The summed E-state index contributed by atoms with van der Waals surface area (Å²) < 4.78 is 5.09. The van der Waals surface area contributed by atoms with E-state index in [0.29, 0.717) is 17.3 Å². The first-order valence-corrected chi connectivity index (χ1v) is 8.68. The zero-order chi connectivity index (χ0) is 20.8. The van der Waals surface area contributed by atoms with E-state index in [9.17, 15) is 19.7 Å². The number of esters is 1. The van der Waals surface area contributed by atoms with Crippen LogP contribution in [0.3, 0.4) is 0 Å². The molecule has 0 aliphatic rings. The highest BCUT2D eigenvalue weighted by molar-refractivity contribution is 6.30. The zero-order valence-electron chi connectivity index (χ0n) is 15.7. The van der Waals surface area contributed by atoms with E-state index in [0.717, 1.165) is 11.6 Å². The van der Waals surface area contributed by atoms with Gasteiger partial charge in [0.15, 0.2) is 6.61 Å². The van der Waals surface area contributed by atoms with Crippen molar-refractivity contribution in [2.24, 2.45) is 0 Å². The molecule has 0 unspecified atom stereocenters. The number of rotatable bonds is 7. The lowest BCUT2D eigenvalue weighted by atomic mass is 10.1. The number of hydrogen-bond donors (Lipinski definition) is 0. The minimum Gasteiger partial charge on any atom is -0.452 e. The number of carbonyl (C=O) groups excluding carboxylic acids is 2. The van der Waals surface area contributed by atoms with Crippen LogP contribution in [0.4, 0.5) is 11.4 Å². The van der Waals surface area contributed by atoms with Crippen LogP contribution in [0.5, 0.6) is 0 Å². The molecule has 0 N–H and O–H groups in total. The molecule has 0 saturated carbocycles. The van der Waals surface area contributed by atoms with E-state index < -0.39 is 23.4 Å². The van der Waals surface area contributed by atoms with E-state index in [1.54, 1.807) is 50.3 Å². The molecule has 1 amide bonds. The molecule has 0 aliphatic carbocycles. The summed E-state index contributed by atoms with van der Waals surface area (Å²) in [7, 11) is 4.98. The smallest absolute Gasteiger partial charge is 0.341 e. The third kappa shape index (κ3) is 5.43. The fourth-order valence-corrected chi connectivity index (χ4v) is 2.58. The Balaban J connectivity index is 2.04. The molecule has 0 radical (unpaired) electrons. The second-order valence-electron chi connectivity index (χ2n) is 6.31. The van der Waals surface area contributed by atoms with Gasteiger partial charge in [-0.1, -0.05) is 23.7 Å². The Kier molecular flexibility index (Phi) is 6.94. The molecule has 0 aromatic heterocycles. The number of hydrogen-bond acceptors (Lipinski definition) is 6. The lowest BCUT2D eigenvalue weighted by molar-refractivity contribution is -0.384. The Labute approximate surface area is 167 Å². The molecule has 0 heterocycles. The van der Waals surface area contributed by atoms with Crippen LogP contribution in [0.2, 0.25) is 5.02 Å². The van der Waals surface area contributed by atoms with Crippen molar-refractivity contribution in [2.45, 2.75) is 6.54 Å². The average molecular weight is 406 g/mol. The highest BCUT2D eigenvalue weighted by Gasteiger charge is 2.21. The minimum absolute atomic E-state index is 0.0207. The number of halogens is 1. The molecule has 0 aliphatic heterocycles. The maximum atomic E-state index is 12.4. The number of likely N-dealkylation sites (N-methyl/N-ethyl adjacent to an activating group) is 1. The Morgan fingerprint density at radius 1 is 1.11 bits per heavy atom. The number of non-ortho nitro benzene ring substituents is 1. The van der Waals surface area contributed by atoms with E-state index in [4.69, 9.17) is 16.3 Å². The van der Waals surface area contributed by atoms with E-state index in [-0.39, 0.29) is 11.3 Å². The van der Waals surface area contributed by atoms with Crippen molar-refractivity contribution in [3.63, 3.8) is 0 Å². The molecule has 148 valence electrons. The van der Waals surface area contributed by atoms with Crippen molar-refractivity contribution in [1.82, 2.24) is 4.90 Å². The van der Waals surface area contributed by atoms with Crippen molar-refractivity contribution >= 4 is 34.9 Å². The van der Waals surface area contributed by atoms with Gasteiger partial charge in [-0.3, -0.25) is 14.9 Å². The third-order valence-electron chi connectivity index (χ3n) is 3.98. The number of nitrogens with zero attached hydrogens (tertiary/aromatic N) is 3. The fourth-order valence-electron chi connectivity index (χ4n) is 2.46. The van der Waals surface area contributed by atoms with Gasteiger partial charge in [-0.25, -0.2) is 4.79 Å². The molecule has 9 heteroatoms. The SMILES string of the molecule is CN(Cc1ccc(Cl)cc1)C(=O)COC(=O)c1cc([N+](=O)[O-])ccc1N(C)C. The van der Waals surface area contributed by atoms with Gasteiger partial charge < -0.3 is 14.5 Å². The molecule has 2 aromatic rings. The summed E-state index contributed by atoms with van der Waals surface area (Å²) in [6.45, 7) is -0.147. The number of nitro groups is 1. The van der Waals surface area contributed by atoms with Gasteiger partial charge in [0.1, 0.15) is 0 Å². The summed E-state index contributed by atoms with van der Waals surface area (Å²) in [5.74, 6) is -1.21. The van der Waals surface area contributed by atoms with Gasteiger partial charge >= 0.3 is 5.97 Å². The van der Waals surface area contributed by atoms with E-state index >= 15 is 0 Å². The summed E-state index contributed by atoms with van der Waals surface area (Å²) in [6, 6.07) is 10.9. The summed E-state index contributed by atoms with van der Waals surface area (Å²) in [5, 5.41) is 11.6. The predicted octanol–water partition coefficient (Wildman–Crippen LogP) is 3.13. The van der Waals surface area contributed by atoms with Crippen molar-refractivity contribution in [1.29, 1.82) is 0 Å². The molecule has 0 atom stereocenters. The number of ether oxygens (including phenoxy) is 1. The van der Waals surface area contributed by atoms with Gasteiger partial charge in [0, 0.05) is 44.8 Å². The number of nitro benzene ring substituents is 1. The Morgan fingerprint density at radius 2 is 1.75 bits per heavy atom. The second-order valence-corrected chi connectivity index (χ2v) is 6.74. The normalized spacial score (nSPS) is 10.3. The number of anilines is 1. The van der Waals surface area contributed by atoms with Crippen LogP contribution in [0, 0.1) is 10.1 Å². The highest BCUT2D eigenvalue weighted by atomic mass is 35.5. The van der Waals surface area contributed by atoms with Crippen molar-refractivity contribution in [2.75, 3.05) is 32.6 Å². The molecule has 0 saturated heterocycles. The third-order valence-corrected chi connectivity index (χ3v) is 4.23. The maximum Gasteiger partial charge on any atom is 0.341 e. The van der Waals surface area contributed by atoms with Crippen LogP contribution in [0.1, 0.15) is 15.9 Å². The van der Waals surface area contributed by atoms with E-state index in [2.05, 4.69) is 0 Å². The molecule has 2 aromatic carbocycles. The van der Waals surface area contributed by atoms with Crippen LogP contribution < -0.4 is 4.90 Å². The molecular formula is C19H20ClN3O5. The van der Waals surface area contributed by atoms with E-state index in [1.165, 1.54) is 17.0 Å². The molecule has 0 spiro atoms. The molecule has 0 bridgehead atoms. The van der Waals surface area contributed by atoms with Crippen molar-refractivity contribution in [3.05, 3.63) is 68.7 Å². The topological polar surface area (TPSA) is 93.0 Å². The lowest BCUT2D eigenvalue weighted by Gasteiger charge is -2.19. The van der Waals surface area contributed by atoms with Gasteiger partial charge in [0.25, 0.3) is 11.6 Å². The van der Waals surface area contributed by atoms with Gasteiger partial charge in [0.05, 0.1) is 16.2 Å². The Hall–Kier alpha value is -3.13. The molecule has 2 rings (SSSR count). The van der Waals surface area contributed by atoms with Crippen LogP contribution in [0.25, 0.3) is 0 Å². The van der Waals surface area contributed by atoms with Gasteiger partial charge in [-0.05, 0) is 23.8 Å². The number of carbonyl (C=O) groups is 2. The quantitative estimate of drug-likeness (QED) is 0.399. The first-order valence-electron chi connectivity index (χ1n) is 8.30. The summed E-state index contributed by atoms with van der Waals surface area (Å²) in [6.07, 6.45) is 0. The molecule has 8 nitrogen and oxygen atoms in total. The summed E-state index contributed by atoms with van der Waals surface area (Å²) in [4.78, 5) is 38.1. The first kappa shape index (κ1) is 21.2. The number of benzene rings is 2. The van der Waals surface area contributed by atoms with Gasteiger partial charge in [-0.15, -0.1) is 0 Å². The standard InChI is InChI=1S/C19H20ClN3O5/c1-21(2)17-9-8-15(23(26)27)10-16(17)19(25)28-12-18(24)22(3)11-13-4-6-14(20)7-5-13/h4-10H,11-12H2,1-3H3. The largest absolute Gasteiger partial charge is 0.452 e. The molecule has 0 fully saturated rings. The van der Waals surface area contributed by atoms with Crippen LogP contribution in [-0.2, 0) is 16.1 Å². The zero-order valence-corrected chi connectivity index (χ0v) is 16.5. The van der Waals surface area contributed by atoms with Gasteiger partial charge in [0.2, 0.25) is 0 Å². The van der Waals surface area contributed by atoms with Crippen LogP contribution in [0.15, 0.2) is 42.5 Å². The van der Waals surface area contributed by atoms with E-state index in [1.807, 2.05) is 0 Å². The van der Waals surface area contributed by atoms with Crippen molar-refractivity contribution in [3.8, 4) is 0 Å². The molecule has 28 heavy (non-hydrogen) atoms. The molecular weight excluding hydrogens is 386 g/mol. The monoisotopic (exact) mass is 405 g/mol. The van der Waals surface area contributed by atoms with Crippen LogP contribution in [-0.4, -0.2) is 49.4 Å². The van der Waals surface area contributed by atoms with Crippen molar-refractivity contribution < 1.29 is 19.2 Å². The lowest BCUT2D eigenvalue weighted by Crippen LogP contribution is -2.31. The second kappa shape index (κ2) is 9.18.